The van der Waals surface area contributed by atoms with Crippen LogP contribution in [0.3, 0.4) is 0 Å². The molecule has 1 rings (SSSR count). The van der Waals surface area contributed by atoms with E-state index in [1.54, 1.807) is 0 Å². The van der Waals surface area contributed by atoms with Crippen LogP contribution >= 0.6 is 0 Å². The zero-order chi connectivity index (χ0) is 12.6. The molecule has 1 aromatic rings. The van der Waals surface area contributed by atoms with Gasteiger partial charge in [-0.05, 0) is 23.0 Å². The molecule has 0 aromatic heterocycles. The fourth-order valence-corrected chi connectivity index (χ4v) is 0.951. The van der Waals surface area contributed by atoms with Crippen molar-refractivity contribution in [1.29, 1.82) is 0 Å². The van der Waals surface area contributed by atoms with Crippen LogP contribution < -0.4 is 0 Å². The minimum absolute atomic E-state index is 0.0365. The van der Waals surface area contributed by atoms with Crippen LogP contribution in [-0.4, -0.2) is 0 Å². The van der Waals surface area contributed by atoms with Gasteiger partial charge in [0.1, 0.15) is 0 Å². The molecule has 0 spiro atoms. The molecule has 0 nitrogen and oxygen atoms in total. The molecular weight excluding hydrogens is 144 g/mol. The topological polar surface area (TPSA) is 0 Å². The van der Waals surface area contributed by atoms with E-state index in [0.29, 0.717) is 11.1 Å². The van der Waals surface area contributed by atoms with Crippen LogP contribution in [0.2, 0.25) is 0 Å². The van der Waals surface area contributed by atoms with Crippen LogP contribution in [0.1, 0.15) is 56.1 Å². The second-order valence-corrected chi connectivity index (χ2v) is 3.64. The van der Waals surface area contributed by atoms with Gasteiger partial charge in [0.15, 0.2) is 0 Å². The first-order valence-corrected chi connectivity index (χ1v) is 4.39. The molecule has 0 radical (unpaired) electrons. The molecule has 0 heteroatoms. The van der Waals surface area contributed by atoms with Gasteiger partial charge in [0.2, 0.25) is 0 Å². The zero-order valence-electron chi connectivity index (χ0n) is 12.2. The van der Waals surface area contributed by atoms with Crippen molar-refractivity contribution in [3.63, 3.8) is 0 Å². The van der Waals surface area contributed by atoms with Crippen molar-refractivity contribution in [2.75, 3.05) is 0 Å². The van der Waals surface area contributed by atoms with Crippen molar-refractivity contribution in [2.24, 2.45) is 0 Å². The Kier molecular flexibility index (Phi) is 1.58. The summed E-state index contributed by atoms with van der Waals surface area (Å²) in [6.45, 7) is 7.66. The predicted octanol–water partition coefficient (Wildman–Crippen LogP) is 3.93. The molecule has 0 fully saturated rings. The monoisotopic (exact) mass is 166 g/mol. The fourth-order valence-electron chi connectivity index (χ4n) is 0.951. The van der Waals surface area contributed by atoms with Crippen molar-refractivity contribution in [2.45, 2.75) is 39.5 Å². The quantitative estimate of drug-likeness (QED) is 0.624. The molecule has 0 saturated heterocycles. The largest absolute Gasteiger partial charge is 0.0629 e. The van der Waals surface area contributed by atoms with Gasteiger partial charge in [-0.1, -0.05) is 51.9 Å². The first-order chi connectivity index (χ1) is 7.29. The van der Waals surface area contributed by atoms with Gasteiger partial charge < -0.3 is 0 Å². The van der Waals surface area contributed by atoms with E-state index < -0.39 is 0 Å². The van der Waals surface area contributed by atoms with Crippen LogP contribution in [-0.2, 0) is 0 Å². The highest BCUT2D eigenvalue weighted by molar-refractivity contribution is 5.27. The summed E-state index contributed by atoms with van der Waals surface area (Å²) in [5.74, 6) is 0.0874. The molecule has 0 N–H and O–H groups in total. The van der Waals surface area contributed by atoms with E-state index >= 15 is 0 Å². The van der Waals surface area contributed by atoms with E-state index in [1.165, 1.54) is 0 Å². The summed E-state index contributed by atoms with van der Waals surface area (Å²) >= 11 is 0. The Morgan fingerprint density at radius 3 is 1.75 bits per heavy atom. The van der Waals surface area contributed by atoms with Crippen LogP contribution in [0.25, 0.3) is 0 Å². The first-order valence-electron chi connectivity index (χ1n) is 6.39. The average molecular weight is 166 g/mol. The third kappa shape index (κ3) is 2.10. The molecule has 0 saturated carbocycles. The summed E-state index contributed by atoms with van der Waals surface area (Å²) in [5.41, 5.74) is 1.18. The van der Waals surface area contributed by atoms with E-state index in [4.69, 9.17) is 5.48 Å². The molecule has 0 atom stereocenters. The molecule has 66 valence electrons. The van der Waals surface area contributed by atoms with Gasteiger partial charge in [-0.3, -0.25) is 0 Å². The summed E-state index contributed by atoms with van der Waals surface area (Å²) in [6.07, 6.45) is 0. The van der Waals surface area contributed by atoms with Crippen molar-refractivity contribution in [3.05, 3.63) is 35.3 Å². The molecule has 0 aliphatic carbocycles. The van der Waals surface area contributed by atoms with Gasteiger partial charge in [0, 0.05) is 0 Å². The lowest BCUT2D eigenvalue weighted by Gasteiger charge is -2.09. The molecule has 12 heavy (non-hydrogen) atoms. The average Bonchev–Trinajstić information content (AvgIpc) is 2.13. The molecule has 0 aliphatic rings. The van der Waals surface area contributed by atoms with Gasteiger partial charge >= 0.3 is 0 Å². The highest BCUT2D eigenvalue weighted by atomic mass is 14.1. The number of hydrogen-bond acceptors (Lipinski definition) is 0. The summed E-state index contributed by atoms with van der Waals surface area (Å²) in [4.78, 5) is 0. The van der Waals surface area contributed by atoms with Gasteiger partial charge in [-0.15, -0.1) is 0 Å². The Morgan fingerprint density at radius 2 is 1.42 bits per heavy atom. The van der Waals surface area contributed by atoms with Gasteiger partial charge in [-0.2, -0.15) is 0 Å². The number of rotatable bonds is 2. The van der Waals surface area contributed by atoms with E-state index in [9.17, 15) is 0 Å². The highest BCUT2D eigenvalue weighted by Crippen LogP contribution is 2.20. The normalized spacial score (nSPS) is 15.8. The molecule has 0 unspecified atom stereocenters. The van der Waals surface area contributed by atoms with Crippen molar-refractivity contribution in [3.8, 4) is 0 Å². The fraction of sp³-hybridized carbons (Fsp3) is 0.500. The molecular formula is C12H18. The van der Waals surface area contributed by atoms with Crippen LogP contribution in [0.4, 0.5) is 0 Å². The molecule has 0 aliphatic heterocycles. The van der Waals surface area contributed by atoms with Gasteiger partial charge in [0.05, 0.1) is 5.48 Å². The van der Waals surface area contributed by atoms with Crippen LogP contribution in [0, 0.1) is 0 Å². The smallest absolute Gasteiger partial charge is 0.0617 e. The number of hydrogen-bond donors (Lipinski definition) is 0. The minimum atomic E-state index is -0.0524. The molecule has 0 amide bonds. The second kappa shape index (κ2) is 3.75. The molecule has 1 aromatic carbocycles. The van der Waals surface area contributed by atoms with E-state index in [1.807, 2.05) is 27.7 Å². The van der Waals surface area contributed by atoms with Gasteiger partial charge in [0.25, 0.3) is 0 Å². The SMILES string of the molecule is [2H]c1c([2H])c(C(C)C)c([2H])c(C(C)C)c1[2H]. The number of benzene rings is 1. The van der Waals surface area contributed by atoms with E-state index in [-0.39, 0.29) is 36.0 Å². The van der Waals surface area contributed by atoms with Crippen molar-refractivity contribution in [1.82, 2.24) is 0 Å². The standard InChI is InChI=1S/C12H18/c1-9(2)11-6-5-7-12(8-11)10(3)4/h5-10H,1-4H3/i5D,6D,7D,8D. The third-order valence-corrected chi connectivity index (χ3v) is 1.82. The van der Waals surface area contributed by atoms with Crippen molar-refractivity contribution < 1.29 is 5.48 Å². The Balaban J connectivity index is 3.66. The maximum absolute atomic E-state index is 8.06. The van der Waals surface area contributed by atoms with E-state index in [0.717, 1.165) is 0 Å². The zero-order valence-corrected chi connectivity index (χ0v) is 8.15. The lowest BCUT2D eigenvalue weighted by atomic mass is 9.96. The maximum Gasteiger partial charge on any atom is 0.0629 e. The Morgan fingerprint density at radius 1 is 1.00 bits per heavy atom. The lowest BCUT2D eigenvalue weighted by molar-refractivity contribution is 0.834. The predicted molar refractivity (Wildman–Crippen MR) is 54.6 cm³/mol. The summed E-state index contributed by atoms with van der Waals surface area (Å²) < 4.78 is 31.4. The maximum atomic E-state index is 8.06. The van der Waals surface area contributed by atoms with Crippen LogP contribution in [0.15, 0.2) is 24.2 Å². The first kappa shape index (κ1) is 5.06. The van der Waals surface area contributed by atoms with Crippen molar-refractivity contribution >= 4 is 0 Å². The highest BCUT2D eigenvalue weighted by Gasteiger charge is 2.02. The van der Waals surface area contributed by atoms with Crippen LogP contribution in [0.5, 0.6) is 0 Å². The molecule has 0 bridgehead atoms. The summed E-state index contributed by atoms with van der Waals surface area (Å²) in [7, 11) is 0. The minimum Gasteiger partial charge on any atom is -0.0617 e. The van der Waals surface area contributed by atoms with E-state index in [2.05, 4.69) is 0 Å². The Labute approximate surface area is 81.2 Å². The summed E-state index contributed by atoms with van der Waals surface area (Å²) in [6, 6.07) is 0.295. The third-order valence-electron chi connectivity index (χ3n) is 1.82. The Bertz CT molecular complexity index is 373. The van der Waals surface area contributed by atoms with Gasteiger partial charge in [-0.25, -0.2) is 0 Å². The lowest BCUT2D eigenvalue weighted by Crippen LogP contribution is -1.91. The second-order valence-electron chi connectivity index (χ2n) is 3.64. The summed E-state index contributed by atoms with van der Waals surface area (Å²) in [5, 5.41) is 0. The molecule has 0 heterocycles. The Hall–Kier alpha value is -0.780.